The first-order valence-electron chi connectivity index (χ1n) is 6.21. The van der Waals surface area contributed by atoms with Gasteiger partial charge in [-0.3, -0.25) is 4.79 Å². The summed E-state index contributed by atoms with van der Waals surface area (Å²) in [6.45, 7) is 8.98. The Bertz CT molecular complexity index is 206. The number of hydrogen-bond donors (Lipinski definition) is 1. The zero-order valence-corrected chi connectivity index (χ0v) is 10.3. The average molecular weight is 212 g/mol. The minimum Gasteiger partial charge on any atom is -0.339 e. The lowest BCUT2D eigenvalue weighted by molar-refractivity contribution is -0.135. The highest BCUT2D eigenvalue weighted by Crippen LogP contribution is 2.21. The Kier molecular flexibility index (Phi) is 5.09. The molecule has 0 spiro atoms. The van der Waals surface area contributed by atoms with Crippen LogP contribution in [0.3, 0.4) is 0 Å². The minimum absolute atomic E-state index is 0.122. The fraction of sp³-hybridized carbons (Fsp3) is 0.917. The van der Waals surface area contributed by atoms with Gasteiger partial charge in [0.05, 0.1) is 0 Å². The molecule has 2 unspecified atom stereocenters. The third kappa shape index (κ3) is 3.20. The van der Waals surface area contributed by atoms with E-state index in [2.05, 4.69) is 24.1 Å². The molecule has 0 aliphatic carbocycles. The molecule has 1 heterocycles. The van der Waals surface area contributed by atoms with Crippen LogP contribution in [0.15, 0.2) is 0 Å². The van der Waals surface area contributed by atoms with Gasteiger partial charge in [0, 0.05) is 25.0 Å². The highest BCUT2D eigenvalue weighted by molar-refractivity contribution is 5.79. The Hall–Kier alpha value is -0.570. The van der Waals surface area contributed by atoms with Crippen LogP contribution in [0, 0.1) is 5.92 Å². The Balaban J connectivity index is 2.44. The van der Waals surface area contributed by atoms with Crippen LogP contribution in [-0.2, 0) is 4.79 Å². The summed E-state index contributed by atoms with van der Waals surface area (Å²) >= 11 is 0. The first-order valence-corrected chi connectivity index (χ1v) is 6.21. The molecule has 15 heavy (non-hydrogen) atoms. The highest BCUT2D eigenvalue weighted by atomic mass is 16.2. The maximum Gasteiger partial charge on any atom is 0.226 e. The maximum atomic E-state index is 12.1. The van der Waals surface area contributed by atoms with E-state index in [9.17, 15) is 4.79 Å². The van der Waals surface area contributed by atoms with Crippen LogP contribution in [0.25, 0.3) is 0 Å². The van der Waals surface area contributed by atoms with Crippen molar-refractivity contribution in [1.29, 1.82) is 0 Å². The lowest BCUT2D eigenvalue weighted by atomic mass is 10.1. The van der Waals surface area contributed by atoms with E-state index in [1.807, 2.05) is 6.92 Å². The summed E-state index contributed by atoms with van der Waals surface area (Å²) in [5.74, 6) is 0.456. The monoisotopic (exact) mass is 212 g/mol. The van der Waals surface area contributed by atoms with E-state index in [4.69, 9.17) is 0 Å². The normalized spacial score (nSPS) is 23.1. The highest BCUT2D eigenvalue weighted by Gasteiger charge is 2.29. The van der Waals surface area contributed by atoms with Crippen LogP contribution in [0.1, 0.15) is 40.0 Å². The van der Waals surface area contributed by atoms with Crippen molar-refractivity contribution in [2.45, 2.75) is 46.1 Å². The number of carbonyl (C=O) groups excluding carboxylic acids is 1. The number of hydrogen-bond acceptors (Lipinski definition) is 2. The number of amides is 1. The van der Waals surface area contributed by atoms with Crippen molar-refractivity contribution in [3.05, 3.63) is 0 Å². The summed E-state index contributed by atoms with van der Waals surface area (Å²) in [7, 11) is 0. The van der Waals surface area contributed by atoms with Crippen LogP contribution in [-0.4, -0.2) is 36.5 Å². The van der Waals surface area contributed by atoms with Crippen molar-refractivity contribution in [1.82, 2.24) is 10.2 Å². The van der Waals surface area contributed by atoms with Crippen molar-refractivity contribution >= 4 is 5.91 Å². The zero-order valence-electron chi connectivity index (χ0n) is 10.3. The van der Waals surface area contributed by atoms with Crippen molar-refractivity contribution in [3.8, 4) is 0 Å². The molecule has 1 aliphatic rings. The molecule has 1 saturated heterocycles. The maximum absolute atomic E-state index is 12.1. The summed E-state index contributed by atoms with van der Waals surface area (Å²) < 4.78 is 0. The molecule has 88 valence electrons. The number of carbonyl (C=O) groups is 1. The lowest BCUT2D eigenvalue weighted by Crippen LogP contribution is -2.41. The fourth-order valence-corrected chi connectivity index (χ4v) is 2.28. The molecule has 0 aromatic rings. The van der Waals surface area contributed by atoms with Gasteiger partial charge < -0.3 is 10.2 Å². The number of nitrogens with one attached hydrogen (secondary N) is 1. The summed E-state index contributed by atoms with van der Waals surface area (Å²) in [5, 5.41) is 3.24. The predicted molar refractivity (Wildman–Crippen MR) is 62.7 cm³/mol. The smallest absolute Gasteiger partial charge is 0.226 e. The summed E-state index contributed by atoms with van der Waals surface area (Å²) in [6, 6.07) is 0.501. The SMILES string of the molecule is CCNCC(C)C(=O)N1CCCC1CC. The quantitative estimate of drug-likeness (QED) is 0.751. The number of likely N-dealkylation sites (tertiary alicyclic amines) is 1. The van der Waals surface area contributed by atoms with Crippen LogP contribution < -0.4 is 5.32 Å². The first kappa shape index (κ1) is 12.5. The molecule has 0 aromatic heterocycles. The van der Waals surface area contributed by atoms with Gasteiger partial charge in [0.15, 0.2) is 0 Å². The van der Waals surface area contributed by atoms with Crippen molar-refractivity contribution in [2.75, 3.05) is 19.6 Å². The van der Waals surface area contributed by atoms with E-state index in [1.54, 1.807) is 0 Å². The molecule has 1 rings (SSSR count). The number of nitrogens with zero attached hydrogens (tertiary/aromatic N) is 1. The molecular formula is C12H24N2O. The van der Waals surface area contributed by atoms with E-state index in [0.717, 1.165) is 26.1 Å². The van der Waals surface area contributed by atoms with Crippen molar-refractivity contribution in [3.63, 3.8) is 0 Å². The Morgan fingerprint density at radius 2 is 2.27 bits per heavy atom. The largest absolute Gasteiger partial charge is 0.339 e. The van der Waals surface area contributed by atoms with Gasteiger partial charge in [-0.15, -0.1) is 0 Å². The van der Waals surface area contributed by atoms with Gasteiger partial charge in [-0.05, 0) is 25.8 Å². The van der Waals surface area contributed by atoms with Gasteiger partial charge in [0.2, 0.25) is 5.91 Å². The minimum atomic E-state index is 0.122. The molecule has 0 saturated carbocycles. The summed E-state index contributed by atoms with van der Waals surface area (Å²) in [5.41, 5.74) is 0. The number of rotatable bonds is 5. The average Bonchev–Trinajstić information content (AvgIpc) is 2.72. The molecule has 0 aromatic carbocycles. The second-order valence-corrected chi connectivity index (χ2v) is 4.44. The van der Waals surface area contributed by atoms with E-state index < -0.39 is 0 Å². The lowest BCUT2D eigenvalue weighted by Gasteiger charge is -2.26. The van der Waals surface area contributed by atoms with Gasteiger partial charge in [-0.25, -0.2) is 0 Å². The van der Waals surface area contributed by atoms with Crippen molar-refractivity contribution in [2.24, 2.45) is 5.92 Å². The van der Waals surface area contributed by atoms with Crippen molar-refractivity contribution < 1.29 is 4.79 Å². The second kappa shape index (κ2) is 6.11. The van der Waals surface area contributed by atoms with E-state index in [1.165, 1.54) is 12.8 Å². The molecule has 1 amide bonds. The van der Waals surface area contributed by atoms with Gasteiger partial charge in [0.25, 0.3) is 0 Å². The Morgan fingerprint density at radius 1 is 1.53 bits per heavy atom. The van der Waals surface area contributed by atoms with Gasteiger partial charge >= 0.3 is 0 Å². The molecule has 0 radical (unpaired) electrons. The molecule has 2 atom stereocenters. The third-order valence-corrected chi connectivity index (χ3v) is 3.25. The van der Waals surface area contributed by atoms with Gasteiger partial charge in [-0.2, -0.15) is 0 Å². The van der Waals surface area contributed by atoms with E-state index in [-0.39, 0.29) is 5.92 Å². The first-order chi connectivity index (χ1) is 7.20. The molecule has 3 heteroatoms. The Morgan fingerprint density at radius 3 is 2.87 bits per heavy atom. The predicted octanol–water partition coefficient (Wildman–Crippen LogP) is 1.63. The molecule has 1 aliphatic heterocycles. The van der Waals surface area contributed by atoms with E-state index in [0.29, 0.717) is 11.9 Å². The van der Waals surface area contributed by atoms with Crippen LogP contribution in [0.2, 0.25) is 0 Å². The van der Waals surface area contributed by atoms with Crippen LogP contribution in [0.4, 0.5) is 0 Å². The summed E-state index contributed by atoms with van der Waals surface area (Å²) in [4.78, 5) is 14.2. The standard InChI is InChI=1S/C12H24N2O/c1-4-11-7-6-8-14(11)12(15)10(3)9-13-5-2/h10-11,13H,4-9H2,1-3H3. The van der Waals surface area contributed by atoms with Crippen LogP contribution >= 0.6 is 0 Å². The summed E-state index contributed by atoms with van der Waals surface area (Å²) in [6.07, 6.45) is 3.47. The molecule has 1 fully saturated rings. The molecule has 3 nitrogen and oxygen atoms in total. The molecule has 1 N–H and O–H groups in total. The van der Waals surface area contributed by atoms with Gasteiger partial charge in [0.1, 0.15) is 0 Å². The topological polar surface area (TPSA) is 32.3 Å². The van der Waals surface area contributed by atoms with E-state index >= 15 is 0 Å². The molecule has 0 bridgehead atoms. The fourth-order valence-electron chi connectivity index (χ4n) is 2.28. The Labute approximate surface area is 93.2 Å². The second-order valence-electron chi connectivity index (χ2n) is 4.44. The third-order valence-electron chi connectivity index (χ3n) is 3.25. The molecular weight excluding hydrogens is 188 g/mol. The van der Waals surface area contributed by atoms with Gasteiger partial charge in [-0.1, -0.05) is 20.8 Å². The van der Waals surface area contributed by atoms with Crippen LogP contribution in [0.5, 0.6) is 0 Å². The zero-order chi connectivity index (χ0) is 11.3.